The quantitative estimate of drug-likeness (QED) is 0.591. The van der Waals surface area contributed by atoms with Crippen LogP contribution in [0.3, 0.4) is 0 Å². The van der Waals surface area contributed by atoms with Crippen LogP contribution in [-0.2, 0) is 0 Å². The van der Waals surface area contributed by atoms with Crippen molar-refractivity contribution in [1.29, 1.82) is 5.41 Å². The van der Waals surface area contributed by atoms with Gasteiger partial charge in [-0.15, -0.1) is 0 Å². The molecule has 0 saturated heterocycles. The Morgan fingerprint density at radius 2 is 2.35 bits per heavy atom. The van der Waals surface area contributed by atoms with Crippen molar-refractivity contribution in [3.05, 3.63) is 18.1 Å². The number of thioether (sulfide) groups is 1. The van der Waals surface area contributed by atoms with Crippen molar-refractivity contribution in [1.82, 2.24) is 9.97 Å². The second-order valence-corrected chi connectivity index (χ2v) is 4.90. The lowest BCUT2D eigenvalue weighted by molar-refractivity contribution is 0.660. The smallest absolute Gasteiger partial charge is 0.142 e. The first-order chi connectivity index (χ1) is 8.07. The van der Waals surface area contributed by atoms with Gasteiger partial charge in [-0.2, -0.15) is 11.8 Å². The van der Waals surface area contributed by atoms with Gasteiger partial charge in [0.1, 0.15) is 18.0 Å². The second-order valence-electron chi connectivity index (χ2n) is 3.92. The zero-order chi connectivity index (χ0) is 12.8. The number of nitrogen functional groups attached to an aromatic ring is 1. The summed E-state index contributed by atoms with van der Waals surface area (Å²) in [5.74, 6) is 1.83. The number of amidine groups is 1. The van der Waals surface area contributed by atoms with Crippen LogP contribution in [0.15, 0.2) is 12.5 Å². The van der Waals surface area contributed by atoms with E-state index < -0.39 is 0 Å². The summed E-state index contributed by atoms with van der Waals surface area (Å²) in [5, 5.41) is 7.52. The van der Waals surface area contributed by atoms with Crippen LogP contribution in [0.4, 0.5) is 5.82 Å². The molecule has 0 aromatic carbocycles. The molecule has 1 atom stereocenters. The Morgan fingerprint density at radius 1 is 1.65 bits per heavy atom. The van der Waals surface area contributed by atoms with E-state index in [2.05, 4.69) is 28.0 Å². The fourth-order valence-corrected chi connectivity index (χ4v) is 2.06. The summed E-state index contributed by atoms with van der Waals surface area (Å²) in [6.07, 6.45) is 6.24. The molecule has 0 aliphatic heterocycles. The summed E-state index contributed by atoms with van der Waals surface area (Å²) in [6.45, 7) is 2.14. The van der Waals surface area contributed by atoms with Crippen LogP contribution in [-0.4, -0.2) is 40.9 Å². The average Bonchev–Trinajstić information content (AvgIpc) is 2.34. The number of hydrogen-bond donors (Lipinski definition) is 2. The van der Waals surface area contributed by atoms with Gasteiger partial charge in [-0.25, -0.2) is 9.97 Å². The van der Waals surface area contributed by atoms with E-state index in [0.717, 1.165) is 18.0 Å². The Bertz CT molecular complexity index is 382. The molecule has 1 unspecified atom stereocenters. The largest absolute Gasteiger partial charge is 0.384 e. The lowest BCUT2D eigenvalue weighted by Crippen LogP contribution is -2.32. The molecular weight excluding hydrogens is 234 g/mol. The van der Waals surface area contributed by atoms with E-state index in [-0.39, 0.29) is 5.84 Å². The Hall–Kier alpha value is -1.30. The molecule has 3 N–H and O–H groups in total. The maximum atomic E-state index is 7.52. The molecule has 0 aliphatic rings. The Labute approximate surface area is 106 Å². The maximum absolute atomic E-state index is 7.52. The summed E-state index contributed by atoms with van der Waals surface area (Å²) in [7, 11) is 1.97. The molecule has 5 nitrogen and oxygen atoms in total. The van der Waals surface area contributed by atoms with Crippen molar-refractivity contribution in [2.75, 3.05) is 24.0 Å². The fraction of sp³-hybridized carbons (Fsp3) is 0.545. The van der Waals surface area contributed by atoms with E-state index in [0.29, 0.717) is 11.6 Å². The minimum atomic E-state index is 0.00418. The molecular formula is C11H19N5S. The van der Waals surface area contributed by atoms with Crippen LogP contribution < -0.4 is 10.6 Å². The highest BCUT2D eigenvalue weighted by molar-refractivity contribution is 7.98. The Kier molecular flexibility index (Phi) is 5.21. The summed E-state index contributed by atoms with van der Waals surface area (Å²) >= 11 is 1.83. The molecule has 1 rings (SSSR count). The number of hydrogen-bond acceptors (Lipinski definition) is 5. The highest BCUT2D eigenvalue weighted by Gasteiger charge is 2.16. The zero-order valence-corrected chi connectivity index (χ0v) is 11.3. The van der Waals surface area contributed by atoms with Gasteiger partial charge in [-0.3, -0.25) is 5.41 Å². The summed E-state index contributed by atoms with van der Waals surface area (Å²) < 4.78 is 0. The van der Waals surface area contributed by atoms with E-state index in [1.807, 2.05) is 18.8 Å². The highest BCUT2D eigenvalue weighted by atomic mass is 32.2. The minimum Gasteiger partial charge on any atom is -0.384 e. The number of rotatable bonds is 6. The Balaban J connectivity index is 2.87. The van der Waals surface area contributed by atoms with Crippen LogP contribution in [0.1, 0.15) is 18.9 Å². The van der Waals surface area contributed by atoms with E-state index in [1.165, 1.54) is 6.33 Å². The molecule has 1 aromatic heterocycles. The third-order valence-electron chi connectivity index (χ3n) is 2.72. The average molecular weight is 253 g/mol. The topological polar surface area (TPSA) is 78.9 Å². The predicted molar refractivity (Wildman–Crippen MR) is 73.9 cm³/mol. The third kappa shape index (κ3) is 3.59. The SMILES string of the molecule is CSCCC(C)N(C)c1ncncc1C(=N)N. The lowest BCUT2D eigenvalue weighted by atomic mass is 10.2. The van der Waals surface area contributed by atoms with Gasteiger partial charge in [-0.05, 0) is 25.4 Å². The number of nitrogens with one attached hydrogen (secondary N) is 1. The van der Waals surface area contributed by atoms with Crippen molar-refractivity contribution in [2.45, 2.75) is 19.4 Å². The monoisotopic (exact) mass is 253 g/mol. The van der Waals surface area contributed by atoms with Gasteiger partial charge in [0.25, 0.3) is 0 Å². The first-order valence-corrected chi connectivity index (χ1v) is 6.83. The number of aromatic nitrogens is 2. The molecule has 0 spiro atoms. The second kappa shape index (κ2) is 6.44. The fourth-order valence-electron chi connectivity index (χ4n) is 1.49. The highest BCUT2D eigenvalue weighted by Crippen LogP contribution is 2.18. The Morgan fingerprint density at radius 3 is 2.94 bits per heavy atom. The first-order valence-electron chi connectivity index (χ1n) is 5.44. The van der Waals surface area contributed by atoms with Gasteiger partial charge in [0.05, 0.1) is 5.56 Å². The van der Waals surface area contributed by atoms with Crippen LogP contribution in [0.5, 0.6) is 0 Å². The van der Waals surface area contributed by atoms with Gasteiger partial charge in [-0.1, -0.05) is 0 Å². The van der Waals surface area contributed by atoms with Crippen LogP contribution in [0.2, 0.25) is 0 Å². The van der Waals surface area contributed by atoms with Crippen molar-refractivity contribution >= 4 is 23.4 Å². The molecule has 17 heavy (non-hydrogen) atoms. The number of nitrogens with two attached hydrogens (primary N) is 1. The molecule has 0 aliphatic carbocycles. The third-order valence-corrected chi connectivity index (χ3v) is 3.36. The molecule has 0 radical (unpaired) electrons. The van der Waals surface area contributed by atoms with Crippen LogP contribution in [0.25, 0.3) is 0 Å². The van der Waals surface area contributed by atoms with Gasteiger partial charge in [0.15, 0.2) is 0 Å². The lowest BCUT2D eigenvalue weighted by Gasteiger charge is -2.27. The normalized spacial score (nSPS) is 12.2. The van der Waals surface area contributed by atoms with Crippen molar-refractivity contribution in [3.63, 3.8) is 0 Å². The van der Waals surface area contributed by atoms with Crippen molar-refractivity contribution in [2.24, 2.45) is 5.73 Å². The summed E-state index contributed by atoms with van der Waals surface area (Å²) in [5.41, 5.74) is 6.11. The summed E-state index contributed by atoms with van der Waals surface area (Å²) in [6, 6.07) is 0.357. The molecule has 0 saturated carbocycles. The standard InChI is InChI=1S/C11H19N5S/c1-8(4-5-17-3)16(2)11-9(10(12)13)6-14-7-15-11/h6-8H,4-5H2,1-3H3,(H3,12,13). The maximum Gasteiger partial charge on any atom is 0.142 e. The van der Waals surface area contributed by atoms with Crippen molar-refractivity contribution in [3.8, 4) is 0 Å². The minimum absolute atomic E-state index is 0.00418. The van der Waals surface area contributed by atoms with Gasteiger partial charge < -0.3 is 10.6 Å². The van der Waals surface area contributed by atoms with Gasteiger partial charge in [0, 0.05) is 19.3 Å². The summed E-state index contributed by atoms with van der Waals surface area (Å²) in [4.78, 5) is 10.2. The number of nitrogens with zero attached hydrogens (tertiary/aromatic N) is 3. The van der Waals surface area contributed by atoms with Crippen LogP contribution >= 0.6 is 11.8 Å². The van der Waals surface area contributed by atoms with Crippen molar-refractivity contribution < 1.29 is 0 Å². The van der Waals surface area contributed by atoms with Gasteiger partial charge in [0.2, 0.25) is 0 Å². The van der Waals surface area contributed by atoms with E-state index in [1.54, 1.807) is 6.20 Å². The van der Waals surface area contributed by atoms with E-state index >= 15 is 0 Å². The molecule has 0 amide bonds. The van der Waals surface area contributed by atoms with Crippen LogP contribution in [0, 0.1) is 5.41 Å². The molecule has 1 heterocycles. The molecule has 94 valence electrons. The number of anilines is 1. The van der Waals surface area contributed by atoms with E-state index in [4.69, 9.17) is 11.1 Å². The zero-order valence-electron chi connectivity index (χ0n) is 10.5. The molecule has 1 aromatic rings. The molecule has 0 fully saturated rings. The van der Waals surface area contributed by atoms with E-state index in [9.17, 15) is 0 Å². The molecule has 6 heteroatoms. The van der Waals surface area contributed by atoms with Gasteiger partial charge >= 0.3 is 0 Å². The predicted octanol–water partition coefficient (Wildman–Crippen LogP) is 1.34. The molecule has 0 bridgehead atoms. The first kappa shape index (κ1) is 13.8.